The van der Waals surface area contributed by atoms with Gasteiger partial charge in [0.2, 0.25) is 0 Å². The summed E-state index contributed by atoms with van der Waals surface area (Å²) in [7, 11) is -7.02. The van der Waals surface area contributed by atoms with Crippen LogP contribution in [0.5, 0.6) is 0 Å². The lowest BCUT2D eigenvalue weighted by molar-refractivity contribution is 0.368. The van der Waals surface area contributed by atoms with Gasteiger partial charge < -0.3 is 17.3 Å². The molecule has 0 amide bonds. The molecule has 0 nitrogen and oxygen atoms in total. The van der Waals surface area contributed by atoms with Gasteiger partial charge in [-0.25, -0.2) is 0 Å². The quantitative estimate of drug-likeness (QED) is 0.279. The predicted octanol–water partition coefficient (Wildman–Crippen LogP) is 6.33. The average Bonchev–Trinajstić information content (AvgIpc) is 1.92. The van der Waals surface area contributed by atoms with Crippen molar-refractivity contribution in [2.24, 2.45) is 0 Å². The highest BCUT2D eigenvalue weighted by molar-refractivity contribution is 7.79. The molecule has 0 spiro atoms. The zero-order valence-corrected chi connectivity index (χ0v) is 14.9. The summed E-state index contributed by atoms with van der Waals surface area (Å²) in [5.41, 5.74) is 0. The minimum Gasteiger partial charge on any atom is -0.418 e. The van der Waals surface area contributed by atoms with Crippen molar-refractivity contribution in [2.45, 2.75) is 77.8 Å². The minimum atomic E-state index is -6.00. The Balaban J connectivity index is 0. The van der Waals surface area contributed by atoms with Crippen molar-refractivity contribution in [1.82, 2.24) is 0 Å². The first-order valence-corrected chi connectivity index (χ1v) is 8.73. The Morgan fingerprint density at radius 1 is 0.579 bits per heavy atom. The van der Waals surface area contributed by atoms with E-state index in [0.717, 1.165) is 0 Å². The average molecular weight is 304 g/mol. The van der Waals surface area contributed by atoms with Crippen LogP contribution in [0.15, 0.2) is 0 Å². The molecule has 0 N–H and O–H groups in total. The zero-order valence-electron chi connectivity index (χ0n) is 14.0. The van der Waals surface area contributed by atoms with Gasteiger partial charge in [0.1, 0.15) is 0 Å². The van der Waals surface area contributed by atoms with E-state index in [1.165, 1.54) is 0 Å². The molecule has 0 aromatic rings. The van der Waals surface area contributed by atoms with Gasteiger partial charge in [0.15, 0.2) is 0 Å². The number of halogens is 4. The van der Waals surface area contributed by atoms with E-state index >= 15 is 0 Å². The number of hydrogen-bond acceptors (Lipinski definition) is 0. The smallest absolute Gasteiger partial charge is 0.418 e. The molecule has 0 unspecified atom stereocenters. The monoisotopic (exact) mass is 304 g/mol. The molecule has 0 heterocycles. The molecular weight excluding hydrogens is 274 g/mol. The van der Waals surface area contributed by atoms with E-state index in [0.29, 0.717) is 15.5 Å². The number of hydrogen-bond donors (Lipinski definition) is 0. The van der Waals surface area contributed by atoms with E-state index in [1.807, 2.05) is 0 Å². The van der Waals surface area contributed by atoms with Gasteiger partial charge in [-0.3, -0.25) is 0 Å². The van der Waals surface area contributed by atoms with Gasteiger partial charge in [-0.05, 0) is 62.3 Å². The second-order valence-electron chi connectivity index (χ2n) is 8.01. The molecular formula is C13H30BF4P. The second-order valence-corrected chi connectivity index (χ2v) is 14.1. The minimum absolute atomic E-state index is 0.434. The topological polar surface area (TPSA) is 0 Å². The molecule has 0 aromatic carbocycles. The van der Waals surface area contributed by atoms with Crippen LogP contribution in [0.2, 0.25) is 0 Å². The van der Waals surface area contributed by atoms with E-state index < -0.39 is 14.5 Å². The van der Waals surface area contributed by atoms with E-state index in [9.17, 15) is 17.3 Å². The molecule has 19 heavy (non-hydrogen) atoms. The molecule has 0 bridgehead atoms. The van der Waals surface area contributed by atoms with Crippen molar-refractivity contribution < 1.29 is 17.3 Å². The largest absolute Gasteiger partial charge is 0.673 e. The first kappa shape index (κ1) is 21.5. The van der Waals surface area contributed by atoms with Gasteiger partial charge in [-0.15, -0.1) is 0 Å². The highest BCUT2D eigenvalue weighted by Gasteiger charge is 2.60. The van der Waals surface area contributed by atoms with E-state index in [4.69, 9.17) is 0 Å². The summed E-state index contributed by atoms with van der Waals surface area (Å²) in [6, 6.07) is 0. The summed E-state index contributed by atoms with van der Waals surface area (Å²) in [6.45, 7) is 24.3. The molecule has 0 aromatic heterocycles. The summed E-state index contributed by atoms with van der Waals surface area (Å²) in [4.78, 5) is 0. The van der Waals surface area contributed by atoms with Crippen LogP contribution in [0.25, 0.3) is 0 Å². The molecule has 0 rings (SSSR count). The Kier molecular flexibility index (Phi) is 6.69. The molecule has 0 saturated heterocycles. The molecule has 0 aliphatic heterocycles. The van der Waals surface area contributed by atoms with Gasteiger partial charge in [0.25, 0.3) is 0 Å². The molecule has 0 aliphatic rings. The van der Waals surface area contributed by atoms with E-state index in [2.05, 4.69) is 69.0 Å². The molecule has 0 aliphatic carbocycles. The summed E-state index contributed by atoms with van der Waals surface area (Å²) >= 11 is 0. The summed E-state index contributed by atoms with van der Waals surface area (Å²) in [5, 5.41) is 1.30. The third kappa shape index (κ3) is 6.47. The summed E-state index contributed by atoms with van der Waals surface area (Å²) in [6.07, 6.45) is 0. The molecule has 118 valence electrons. The predicted molar refractivity (Wildman–Crippen MR) is 82.3 cm³/mol. The van der Waals surface area contributed by atoms with Crippen molar-refractivity contribution in [3.63, 3.8) is 0 Å². The highest BCUT2D eigenvalue weighted by atomic mass is 31.2. The van der Waals surface area contributed by atoms with Gasteiger partial charge in [-0.2, -0.15) is 0 Å². The van der Waals surface area contributed by atoms with Crippen LogP contribution in [0.1, 0.15) is 62.3 Å². The van der Waals surface area contributed by atoms with Gasteiger partial charge >= 0.3 is 7.25 Å². The van der Waals surface area contributed by atoms with Crippen LogP contribution < -0.4 is 0 Å². The SMILES string of the molecule is CC(C)(C)[P+](C)(C(C)(C)C)C(C)(C)C.F[B-](F)(F)F. The van der Waals surface area contributed by atoms with Gasteiger partial charge in [0, 0.05) is 7.26 Å². The van der Waals surface area contributed by atoms with E-state index in [1.54, 1.807) is 0 Å². The number of rotatable bonds is 0. The van der Waals surface area contributed by atoms with Crippen LogP contribution in [-0.4, -0.2) is 29.4 Å². The first-order chi connectivity index (χ1) is 7.75. The normalized spacial score (nSPS) is 14.8. The van der Waals surface area contributed by atoms with E-state index in [-0.39, 0.29) is 0 Å². The second kappa shape index (κ2) is 5.91. The fraction of sp³-hybridized carbons (Fsp3) is 1.00. The van der Waals surface area contributed by atoms with Crippen LogP contribution in [0, 0.1) is 0 Å². The van der Waals surface area contributed by atoms with Crippen molar-refractivity contribution in [3.8, 4) is 0 Å². The van der Waals surface area contributed by atoms with Gasteiger partial charge in [0.05, 0.1) is 22.1 Å². The maximum Gasteiger partial charge on any atom is 0.673 e. The fourth-order valence-corrected chi connectivity index (χ4v) is 9.06. The van der Waals surface area contributed by atoms with Crippen LogP contribution in [0.3, 0.4) is 0 Å². The third-order valence-electron chi connectivity index (χ3n) is 4.02. The maximum absolute atomic E-state index is 9.75. The molecule has 0 fully saturated rings. The molecule has 6 heteroatoms. The van der Waals surface area contributed by atoms with Gasteiger partial charge in [-0.1, -0.05) is 0 Å². The van der Waals surface area contributed by atoms with Crippen molar-refractivity contribution >= 4 is 14.5 Å². The Labute approximate surface area is 117 Å². The third-order valence-corrected chi connectivity index (χ3v) is 12.1. The summed E-state index contributed by atoms with van der Waals surface area (Å²) in [5.74, 6) is 0. The van der Waals surface area contributed by atoms with Crippen molar-refractivity contribution in [2.75, 3.05) is 6.66 Å². The fourth-order valence-electron chi connectivity index (χ4n) is 3.02. The van der Waals surface area contributed by atoms with Crippen molar-refractivity contribution in [3.05, 3.63) is 0 Å². The standard InChI is InChI=1S/C13H30P.BF4/c1-11(2,3)14(10,12(4,5)6)13(7,8)9;2-1(3,4)5/h1-10H3;/q+1;-1. The lowest BCUT2D eigenvalue weighted by atomic mass is 10.2. The highest BCUT2D eigenvalue weighted by Crippen LogP contribution is 2.80. The zero-order chi connectivity index (χ0) is 16.5. The lowest BCUT2D eigenvalue weighted by Crippen LogP contribution is -2.43. The maximum atomic E-state index is 9.75. The van der Waals surface area contributed by atoms with Crippen LogP contribution in [-0.2, 0) is 0 Å². The van der Waals surface area contributed by atoms with Crippen molar-refractivity contribution in [1.29, 1.82) is 0 Å². The van der Waals surface area contributed by atoms with Crippen LogP contribution in [0.4, 0.5) is 17.3 Å². The molecule has 0 saturated carbocycles. The summed E-state index contributed by atoms with van der Waals surface area (Å²) < 4.78 is 39.0. The van der Waals surface area contributed by atoms with Crippen LogP contribution >= 0.6 is 7.26 Å². The molecule has 0 atom stereocenters. The first-order valence-electron chi connectivity index (χ1n) is 6.49. The lowest BCUT2D eigenvalue weighted by Gasteiger charge is -2.52. The Bertz CT molecular complexity index is 237. The Morgan fingerprint density at radius 3 is 0.684 bits per heavy atom. The Hall–Kier alpha value is 0.215. The Morgan fingerprint density at radius 2 is 0.684 bits per heavy atom. The molecule has 0 radical (unpaired) electrons.